The fourth-order valence-electron chi connectivity index (χ4n) is 3.05. The first-order valence-corrected chi connectivity index (χ1v) is 9.50. The van der Waals surface area contributed by atoms with Gasteiger partial charge in [0.1, 0.15) is 18.3 Å². The second kappa shape index (κ2) is 7.01. The van der Waals surface area contributed by atoms with Crippen molar-refractivity contribution in [3.63, 3.8) is 0 Å². The van der Waals surface area contributed by atoms with E-state index >= 15 is 0 Å². The summed E-state index contributed by atoms with van der Waals surface area (Å²) in [6, 6.07) is 6.16. The smallest absolute Gasteiger partial charge is 0.264 e. The van der Waals surface area contributed by atoms with E-state index in [-0.39, 0.29) is 18.0 Å². The van der Waals surface area contributed by atoms with Gasteiger partial charge in [-0.25, -0.2) is 9.97 Å². The highest BCUT2D eigenvalue weighted by Crippen LogP contribution is 2.27. The van der Waals surface area contributed by atoms with E-state index in [1.54, 1.807) is 7.05 Å². The first kappa shape index (κ1) is 18.1. The Balaban J connectivity index is 1.51. The Morgan fingerprint density at radius 2 is 2.11 bits per heavy atom. The van der Waals surface area contributed by atoms with Crippen LogP contribution in [0.15, 0.2) is 40.9 Å². The lowest BCUT2D eigenvalue weighted by molar-refractivity contribution is -0.116. The van der Waals surface area contributed by atoms with E-state index in [1.807, 2.05) is 31.4 Å². The summed E-state index contributed by atoms with van der Waals surface area (Å²) in [5.41, 5.74) is 4.35. The maximum Gasteiger partial charge on any atom is 0.264 e. The minimum Gasteiger partial charge on any atom is -0.300 e. The van der Waals surface area contributed by atoms with Gasteiger partial charge in [0.05, 0.1) is 11.9 Å². The van der Waals surface area contributed by atoms with Crippen LogP contribution in [0.5, 0.6) is 0 Å². The Labute approximate surface area is 164 Å². The number of aromatic nitrogens is 5. The zero-order chi connectivity index (χ0) is 19.8. The Hall–Kier alpha value is -3.33. The van der Waals surface area contributed by atoms with Crippen LogP contribution >= 0.6 is 11.3 Å². The van der Waals surface area contributed by atoms with E-state index in [2.05, 4.69) is 26.4 Å². The molecule has 4 rings (SSSR count). The lowest BCUT2D eigenvalue weighted by atomic mass is 10.0. The van der Waals surface area contributed by atoms with Crippen molar-refractivity contribution >= 4 is 33.4 Å². The Kier molecular flexibility index (Phi) is 4.52. The van der Waals surface area contributed by atoms with E-state index in [0.717, 1.165) is 16.8 Å². The van der Waals surface area contributed by atoms with E-state index in [4.69, 9.17) is 0 Å². The maximum atomic E-state index is 12.5. The number of hydrogen-bond acceptors (Lipinski definition) is 6. The molecule has 0 aliphatic carbocycles. The molecule has 0 spiro atoms. The fourth-order valence-corrected chi connectivity index (χ4v) is 3.78. The summed E-state index contributed by atoms with van der Waals surface area (Å²) in [4.78, 5) is 33.5. The maximum absolute atomic E-state index is 12.5. The van der Waals surface area contributed by atoms with Gasteiger partial charge in [-0.05, 0) is 19.4 Å². The number of aryl methyl sites for hydroxylation is 3. The van der Waals surface area contributed by atoms with Gasteiger partial charge in [0.15, 0.2) is 10.8 Å². The number of nitrogens with one attached hydrogen (secondary N) is 1. The lowest BCUT2D eigenvalue weighted by Gasteiger charge is -2.05. The summed E-state index contributed by atoms with van der Waals surface area (Å²) in [5, 5.41) is 9.55. The number of fused-ring (bicyclic) bond motifs is 1. The van der Waals surface area contributed by atoms with E-state index in [0.29, 0.717) is 16.2 Å². The van der Waals surface area contributed by atoms with Crippen LogP contribution in [0.4, 0.5) is 5.13 Å². The van der Waals surface area contributed by atoms with Crippen molar-refractivity contribution in [2.75, 3.05) is 5.32 Å². The molecule has 8 nitrogen and oxygen atoms in total. The van der Waals surface area contributed by atoms with Crippen molar-refractivity contribution in [1.82, 2.24) is 24.3 Å². The number of anilines is 1. The summed E-state index contributed by atoms with van der Waals surface area (Å²) in [6.07, 6.45) is 2.81. The summed E-state index contributed by atoms with van der Waals surface area (Å²) >= 11 is 1.35. The summed E-state index contributed by atoms with van der Waals surface area (Å²) < 4.78 is 2.78. The van der Waals surface area contributed by atoms with Gasteiger partial charge in [-0.3, -0.25) is 18.8 Å². The highest BCUT2D eigenvalue weighted by molar-refractivity contribution is 7.14. The zero-order valence-corrected chi connectivity index (χ0v) is 16.4. The van der Waals surface area contributed by atoms with Crippen LogP contribution < -0.4 is 10.9 Å². The van der Waals surface area contributed by atoms with Crippen LogP contribution in [0.25, 0.3) is 22.3 Å². The van der Waals surface area contributed by atoms with Crippen molar-refractivity contribution in [3.8, 4) is 11.3 Å². The highest BCUT2D eigenvalue weighted by Gasteiger charge is 2.13. The van der Waals surface area contributed by atoms with Gasteiger partial charge in [-0.15, -0.1) is 11.3 Å². The molecule has 0 atom stereocenters. The molecule has 1 N–H and O–H groups in total. The van der Waals surface area contributed by atoms with Gasteiger partial charge in [0.2, 0.25) is 5.91 Å². The topological polar surface area (TPSA) is 94.7 Å². The molecule has 0 radical (unpaired) electrons. The van der Waals surface area contributed by atoms with Crippen LogP contribution in [0.2, 0.25) is 0 Å². The molecule has 9 heteroatoms. The van der Waals surface area contributed by atoms with E-state index < -0.39 is 0 Å². The number of thiazole rings is 1. The molecule has 1 aromatic carbocycles. The zero-order valence-electron chi connectivity index (χ0n) is 15.6. The number of nitrogens with zero attached hydrogens (tertiary/aromatic N) is 5. The molecule has 3 aromatic heterocycles. The van der Waals surface area contributed by atoms with Gasteiger partial charge in [-0.2, -0.15) is 5.10 Å². The molecule has 3 heterocycles. The molecule has 0 aliphatic heterocycles. The van der Waals surface area contributed by atoms with Crippen LogP contribution in [-0.4, -0.2) is 30.2 Å². The van der Waals surface area contributed by atoms with Crippen molar-refractivity contribution in [1.29, 1.82) is 0 Å². The van der Waals surface area contributed by atoms with Gasteiger partial charge < -0.3 is 5.32 Å². The van der Waals surface area contributed by atoms with Gasteiger partial charge >= 0.3 is 0 Å². The number of hydrogen-bond donors (Lipinski definition) is 1. The molecular weight excluding hydrogens is 376 g/mol. The molecule has 28 heavy (non-hydrogen) atoms. The van der Waals surface area contributed by atoms with Crippen molar-refractivity contribution in [3.05, 3.63) is 57.6 Å². The van der Waals surface area contributed by atoms with Crippen LogP contribution in [0.3, 0.4) is 0 Å². The first-order valence-electron chi connectivity index (χ1n) is 8.62. The minimum absolute atomic E-state index is 0.144. The molecule has 0 saturated carbocycles. The van der Waals surface area contributed by atoms with Crippen molar-refractivity contribution in [2.45, 2.75) is 20.4 Å². The second-order valence-corrected chi connectivity index (χ2v) is 7.45. The SMILES string of the molecule is Cc1ccc(-c2csc(NC(=O)Cn3cnc4c(cnn4C)c3=O)n2)c(C)c1. The molecule has 142 valence electrons. The van der Waals surface area contributed by atoms with E-state index in [1.165, 1.54) is 38.7 Å². The first-order chi connectivity index (χ1) is 13.4. The fraction of sp³-hybridized carbons (Fsp3) is 0.211. The van der Waals surface area contributed by atoms with Gasteiger partial charge in [-0.1, -0.05) is 23.8 Å². The molecule has 0 bridgehead atoms. The van der Waals surface area contributed by atoms with Crippen LogP contribution in [0, 0.1) is 13.8 Å². The number of amides is 1. The summed E-state index contributed by atoms with van der Waals surface area (Å²) in [7, 11) is 1.71. The minimum atomic E-state index is -0.339. The average Bonchev–Trinajstić information content (AvgIpc) is 3.25. The van der Waals surface area contributed by atoms with Gasteiger partial charge in [0, 0.05) is 18.0 Å². The predicted octanol–water partition coefficient (Wildman–Crippen LogP) is 2.51. The molecule has 0 saturated heterocycles. The number of benzene rings is 1. The molecule has 0 aliphatic rings. The molecule has 1 amide bonds. The second-order valence-electron chi connectivity index (χ2n) is 6.59. The number of carbonyl (C=O) groups excluding carboxylic acids is 1. The summed E-state index contributed by atoms with van der Waals surface area (Å²) in [5.74, 6) is -0.339. The molecule has 4 aromatic rings. The average molecular weight is 394 g/mol. The normalized spacial score (nSPS) is 11.1. The van der Waals surface area contributed by atoms with Crippen LogP contribution in [-0.2, 0) is 18.4 Å². The molecular formula is C19H18N6O2S. The van der Waals surface area contributed by atoms with E-state index in [9.17, 15) is 9.59 Å². The Morgan fingerprint density at radius 1 is 1.29 bits per heavy atom. The third-order valence-corrected chi connectivity index (χ3v) is 5.20. The molecule has 0 fully saturated rings. The monoisotopic (exact) mass is 394 g/mol. The lowest BCUT2D eigenvalue weighted by Crippen LogP contribution is -2.27. The third-order valence-electron chi connectivity index (χ3n) is 4.44. The largest absolute Gasteiger partial charge is 0.300 e. The highest BCUT2D eigenvalue weighted by atomic mass is 32.1. The Bertz CT molecular complexity index is 1250. The quantitative estimate of drug-likeness (QED) is 0.574. The standard InChI is InChI=1S/C19H18N6O2S/c1-11-4-5-13(12(2)6-11)15-9-28-19(22-15)23-16(26)8-25-10-20-17-14(18(25)27)7-21-24(17)3/h4-7,9-10H,8H2,1-3H3,(H,22,23,26). The number of rotatable bonds is 4. The third kappa shape index (κ3) is 3.31. The van der Waals surface area contributed by atoms with Crippen LogP contribution in [0.1, 0.15) is 11.1 Å². The van der Waals surface area contributed by atoms with Crippen molar-refractivity contribution < 1.29 is 4.79 Å². The number of carbonyl (C=O) groups is 1. The Morgan fingerprint density at radius 3 is 2.89 bits per heavy atom. The van der Waals surface area contributed by atoms with Crippen molar-refractivity contribution in [2.24, 2.45) is 7.05 Å². The predicted molar refractivity (Wildman–Crippen MR) is 108 cm³/mol. The van der Waals surface area contributed by atoms with Gasteiger partial charge in [0.25, 0.3) is 5.56 Å². The molecule has 0 unspecified atom stereocenters. The summed E-state index contributed by atoms with van der Waals surface area (Å²) in [6.45, 7) is 3.94.